The van der Waals surface area contributed by atoms with Gasteiger partial charge in [0.2, 0.25) is 0 Å². The number of nitrogens with zero attached hydrogens (tertiary/aromatic N) is 1. The van der Waals surface area contributed by atoms with Gasteiger partial charge in [0.25, 0.3) is 0 Å². The predicted octanol–water partition coefficient (Wildman–Crippen LogP) is 4.11. The molecule has 2 N–H and O–H groups in total. The highest BCUT2D eigenvalue weighted by Crippen LogP contribution is 2.32. The van der Waals surface area contributed by atoms with E-state index in [1.54, 1.807) is 6.07 Å². The molecule has 0 saturated carbocycles. The lowest BCUT2D eigenvalue weighted by Gasteiger charge is -2.42. The molecule has 0 aliphatic carbocycles. The van der Waals surface area contributed by atoms with Gasteiger partial charge in [-0.2, -0.15) is 0 Å². The second-order valence-electron chi connectivity index (χ2n) is 4.98. The summed E-state index contributed by atoms with van der Waals surface area (Å²) < 4.78 is 0. The molecule has 0 amide bonds. The van der Waals surface area contributed by atoms with Crippen LogP contribution in [0, 0.1) is 0 Å². The normalized spacial score (nSPS) is 14.0. The topological polar surface area (TPSA) is 29.3 Å². The predicted molar refractivity (Wildman–Crippen MR) is 80.4 cm³/mol. The molecule has 0 fully saturated rings. The zero-order valence-corrected chi connectivity index (χ0v) is 13.0. The Labute approximate surface area is 120 Å². The maximum absolute atomic E-state index is 6.40. The largest absolute Gasteiger partial charge is 0.322 e. The molecule has 0 spiro atoms. The van der Waals surface area contributed by atoms with Gasteiger partial charge in [-0.05, 0) is 44.6 Å². The molecule has 0 saturated heterocycles. The van der Waals surface area contributed by atoms with Crippen LogP contribution in [0.5, 0.6) is 0 Å². The van der Waals surface area contributed by atoms with Crippen LogP contribution in [0.25, 0.3) is 0 Å². The van der Waals surface area contributed by atoms with Crippen molar-refractivity contribution in [3.05, 3.63) is 33.8 Å². The van der Waals surface area contributed by atoms with Gasteiger partial charge in [-0.15, -0.1) is 0 Å². The molecular weight excluding hydrogens is 267 g/mol. The first kappa shape index (κ1) is 15.8. The zero-order valence-electron chi connectivity index (χ0n) is 11.5. The Morgan fingerprint density at radius 1 is 1.17 bits per heavy atom. The van der Waals surface area contributed by atoms with E-state index in [1.807, 2.05) is 12.1 Å². The highest BCUT2D eigenvalue weighted by atomic mass is 35.5. The fourth-order valence-corrected chi connectivity index (χ4v) is 2.66. The average molecular weight is 289 g/mol. The summed E-state index contributed by atoms with van der Waals surface area (Å²) in [6, 6.07) is 5.51. The minimum absolute atomic E-state index is 0.104. The molecule has 0 aliphatic rings. The highest BCUT2D eigenvalue weighted by molar-refractivity contribution is 6.42. The van der Waals surface area contributed by atoms with Crippen LogP contribution < -0.4 is 5.73 Å². The number of nitrogens with two attached hydrogens (primary N) is 1. The van der Waals surface area contributed by atoms with Gasteiger partial charge >= 0.3 is 0 Å². The standard InChI is InChI=1S/C14H22Cl2N2/c1-5-18(6-2)14(3,4)13(17)10-7-8-11(15)12(16)9-10/h7-9,13H,5-6,17H2,1-4H3. The Hall–Kier alpha value is -0.280. The van der Waals surface area contributed by atoms with E-state index < -0.39 is 0 Å². The molecule has 0 radical (unpaired) electrons. The van der Waals surface area contributed by atoms with Gasteiger partial charge in [0.05, 0.1) is 10.0 Å². The van der Waals surface area contributed by atoms with Crippen molar-refractivity contribution in [2.45, 2.75) is 39.3 Å². The number of halogens is 2. The zero-order chi connectivity index (χ0) is 13.9. The summed E-state index contributed by atoms with van der Waals surface area (Å²) in [7, 11) is 0. The highest BCUT2D eigenvalue weighted by Gasteiger charge is 2.32. The Morgan fingerprint density at radius 3 is 2.17 bits per heavy atom. The summed E-state index contributed by atoms with van der Waals surface area (Å²) >= 11 is 12.0. The average Bonchev–Trinajstić information content (AvgIpc) is 2.33. The summed E-state index contributed by atoms with van der Waals surface area (Å²) in [6.07, 6.45) is 0. The van der Waals surface area contributed by atoms with Crippen molar-refractivity contribution in [3.63, 3.8) is 0 Å². The monoisotopic (exact) mass is 288 g/mol. The van der Waals surface area contributed by atoms with Crippen molar-refractivity contribution in [3.8, 4) is 0 Å². The van der Waals surface area contributed by atoms with Gasteiger partial charge in [0, 0.05) is 11.6 Å². The van der Waals surface area contributed by atoms with E-state index in [0.29, 0.717) is 10.0 Å². The molecule has 4 heteroatoms. The smallest absolute Gasteiger partial charge is 0.0595 e. The molecule has 1 atom stereocenters. The molecule has 0 bridgehead atoms. The first-order chi connectivity index (χ1) is 8.34. The summed E-state index contributed by atoms with van der Waals surface area (Å²) in [5, 5.41) is 1.12. The summed E-state index contributed by atoms with van der Waals surface area (Å²) in [5.74, 6) is 0. The summed E-state index contributed by atoms with van der Waals surface area (Å²) in [6.45, 7) is 10.6. The first-order valence-electron chi connectivity index (χ1n) is 6.30. The number of rotatable bonds is 5. The maximum Gasteiger partial charge on any atom is 0.0595 e. The van der Waals surface area contributed by atoms with Crippen LogP contribution in [0.1, 0.15) is 39.3 Å². The molecule has 0 heterocycles. The van der Waals surface area contributed by atoms with Crippen LogP contribution in [0.2, 0.25) is 10.0 Å². The van der Waals surface area contributed by atoms with Gasteiger partial charge in [0.1, 0.15) is 0 Å². The second-order valence-corrected chi connectivity index (χ2v) is 5.79. The molecule has 0 aromatic heterocycles. The van der Waals surface area contributed by atoms with Crippen LogP contribution in [0.4, 0.5) is 0 Å². The first-order valence-corrected chi connectivity index (χ1v) is 7.05. The molecule has 1 unspecified atom stereocenters. The SMILES string of the molecule is CCN(CC)C(C)(C)C(N)c1ccc(Cl)c(Cl)c1. The fourth-order valence-electron chi connectivity index (χ4n) is 2.35. The van der Waals surface area contributed by atoms with Crippen molar-refractivity contribution in [1.82, 2.24) is 4.90 Å². The van der Waals surface area contributed by atoms with Crippen molar-refractivity contribution >= 4 is 23.2 Å². The van der Waals surface area contributed by atoms with Gasteiger partial charge < -0.3 is 5.73 Å². The second kappa shape index (κ2) is 6.25. The van der Waals surface area contributed by atoms with E-state index in [9.17, 15) is 0 Å². The number of hydrogen-bond acceptors (Lipinski definition) is 2. The van der Waals surface area contributed by atoms with Crippen molar-refractivity contribution in [2.24, 2.45) is 5.73 Å². The summed E-state index contributed by atoms with van der Waals surface area (Å²) in [5.41, 5.74) is 7.29. The molecular formula is C14H22Cl2N2. The molecule has 2 nitrogen and oxygen atoms in total. The molecule has 102 valence electrons. The van der Waals surface area contributed by atoms with Crippen LogP contribution in [-0.4, -0.2) is 23.5 Å². The minimum atomic E-state index is -0.124. The number of benzene rings is 1. The fraction of sp³-hybridized carbons (Fsp3) is 0.571. The Morgan fingerprint density at radius 2 is 1.72 bits per heavy atom. The van der Waals surface area contributed by atoms with Gasteiger partial charge in [-0.3, -0.25) is 4.90 Å². The third-order valence-corrected chi connectivity index (χ3v) is 4.38. The quantitative estimate of drug-likeness (QED) is 0.883. The molecule has 0 aliphatic heterocycles. The third kappa shape index (κ3) is 3.18. The Balaban J connectivity index is 3.04. The van der Waals surface area contributed by atoms with Crippen molar-refractivity contribution < 1.29 is 0 Å². The number of likely N-dealkylation sites (N-methyl/N-ethyl adjacent to an activating group) is 1. The van der Waals surface area contributed by atoms with E-state index in [0.717, 1.165) is 18.7 Å². The summed E-state index contributed by atoms with van der Waals surface area (Å²) in [4.78, 5) is 2.35. The Kier molecular flexibility index (Phi) is 5.47. The number of hydrogen-bond donors (Lipinski definition) is 1. The lowest BCUT2D eigenvalue weighted by Crippen LogP contribution is -2.51. The molecule has 18 heavy (non-hydrogen) atoms. The third-order valence-electron chi connectivity index (χ3n) is 3.64. The van der Waals surface area contributed by atoms with E-state index >= 15 is 0 Å². The van der Waals surface area contributed by atoms with Crippen molar-refractivity contribution in [2.75, 3.05) is 13.1 Å². The maximum atomic E-state index is 6.40. The molecule has 1 aromatic rings. The minimum Gasteiger partial charge on any atom is -0.322 e. The van der Waals surface area contributed by atoms with E-state index in [-0.39, 0.29) is 11.6 Å². The van der Waals surface area contributed by atoms with Gasteiger partial charge in [-0.25, -0.2) is 0 Å². The van der Waals surface area contributed by atoms with E-state index in [4.69, 9.17) is 28.9 Å². The van der Waals surface area contributed by atoms with Gasteiger partial charge in [0.15, 0.2) is 0 Å². The van der Waals surface area contributed by atoms with Crippen LogP contribution in [0.15, 0.2) is 18.2 Å². The molecule has 1 rings (SSSR count). The van der Waals surface area contributed by atoms with E-state index in [1.165, 1.54) is 0 Å². The lowest BCUT2D eigenvalue weighted by molar-refractivity contribution is 0.107. The Bertz CT molecular complexity index is 401. The molecule has 1 aromatic carbocycles. The van der Waals surface area contributed by atoms with Crippen molar-refractivity contribution in [1.29, 1.82) is 0 Å². The van der Waals surface area contributed by atoms with Crippen LogP contribution in [0.3, 0.4) is 0 Å². The van der Waals surface area contributed by atoms with Crippen LogP contribution >= 0.6 is 23.2 Å². The van der Waals surface area contributed by atoms with Gasteiger partial charge in [-0.1, -0.05) is 43.1 Å². The lowest BCUT2D eigenvalue weighted by atomic mass is 9.87. The van der Waals surface area contributed by atoms with E-state index in [2.05, 4.69) is 32.6 Å². The van der Waals surface area contributed by atoms with Crippen LogP contribution in [-0.2, 0) is 0 Å².